The van der Waals surface area contributed by atoms with E-state index >= 15 is 0 Å². The number of hydrogen-bond donors (Lipinski definition) is 3. The van der Waals surface area contributed by atoms with E-state index in [4.69, 9.17) is 4.74 Å². The van der Waals surface area contributed by atoms with Gasteiger partial charge in [0.05, 0.1) is 12.8 Å². The molecule has 28 heavy (non-hydrogen) atoms. The summed E-state index contributed by atoms with van der Waals surface area (Å²) in [5.74, 6) is -0.274. The first-order chi connectivity index (χ1) is 13.1. The molecule has 0 aliphatic rings. The van der Waals surface area contributed by atoms with Gasteiger partial charge in [-0.05, 0) is 36.4 Å². The smallest absolute Gasteiger partial charge is 0.255 e. The average molecular weight is 383 g/mol. The summed E-state index contributed by atoms with van der Waals surface area (Å²) in [6.07, 6.45) is 0. The minimum Gasteiger partial charge on any atom is -0.495 e. The lowest BCUT2D eigenvalue weighted by molar-refractivity contribution is -0.123. The molecular weight excluding hydrogens is 358 g/mol. The highest BCUT2D eigenvalue weighted by molar-refractivity contribution is 6.06. The standard InChI is InChI=1S/C21H25N3O4/c1-13(25)22-16-9-10-18(28-5)17(12-16)24-19(26)14-7-6-8-15(11-14)23-20(27)21(2,3)4/h6-12H,1-5H3,(H,22,25)(H,23,27)(H,24,26). The largest absolute Gasteiger partial charge is 0.495 e. The highest BCUT2D eigenvalue weighted by Crippen LogP contribution is 2.28. The number of anilines is 3. The predicted octanol–water partition coefficient (Wildman–Crippen LogP) is 3.89. The van der Waals surface area contributed by atoms with Crippen molar-refractivity contribution in [3.8, 4) is 5.75 Å². The summed E-state index contributed by atoms with van der Waals surface area (Å²) in [5.41, 5.74) is 1.32. The molecule has 0 bridgehead atoms. The first-order valence-corrected chi connectivity index (χ1v) is 8.78. The third-order valence-corrected chi connectivity index (χ3v) is 3.83. The van der Waals surface area contributed by atoms with E-state index in [1.165, 1.54) is 14.0 Å². The number of methoxy groups -OCH3 is 1. The monoisotopic (exact) mass is 383 g/mol. The minimum atomic E-state index is -0.546. The van der Waals surface area contributed by atoms with Crippen molar-refractivity contribution in [2.45, 2.75) is 27.7 Å². The molecule has 0 spiro atoms. The molecule has 0 heterocycles. The van der Waals surface area contributed by atoms with E-state index in [-0.39, 0.29) is 17.7 Å². The lowest BCUT2D eigenvalue weighted by Gasteiger charge is -2.18. The summed E-state index contributed by atoms with van der Waals surface area (Å²) in [6, 6.07) is 11.6. The molecule has 148 valence electrons. The maximum atomic E-state index is 12.7. The number of ether oxygens (including phenoxy) is 1. The van der Waals surface area contributed by atoms with Crippen LogP contribution < -0.4 is 20.7 Å². The Kier molecular flexibility index (Phi) is 6.41. The number of nitrogens with one attached hydrogen (secondary N) is 3. The Bertz CT molecular complexity index is 901. The molecule has 7 heteroatoms. The summed E-state index contributed by atoms with van der Waals surface area (Å²) in [4.78, 5) is 36.1. The van der Waals surface area contributed by atoms with Crippen LogP contribution >= 0.6 is 0 Å². The van der Waals surface area contributed by atoms with Crippen LogP contribution in [0.25, 0.3) is 0 Å². The first-order valence-electron chi connectivity index (χ1n) is 8.78. The predicted molar refractivity (Wildman–Crippen MR) is 110 cm³/mol. The number of benzene rings is 2. The van der Waals surface area contributed by atoms with E-state index in [0.717, 1.165) is 0 Å². The first kappa shape index (κ1) is 21.0. The molecule has 0 saturated heterocycles. The number of amides is 3. The van der Waals surface area contributed by atoms with Gasteiger partial charge in [-0.25, -0.2) is 0 Å². The zero-order chi connectivity index (χ0) is 20.9. The van der Waals surface area contributed by atoms with Gasteiger partial charge in [-0.15, -0.1) is 0 Å². The van der Waals surface area contributed by atoms with Crippen LogP contribution in [0.5, 0.6) is 5.75 Å². The fourth-order valence-electron chi connectivity index (χ4n) is 2.34. The molecule has 3 amide bonds. The molecule has 2 aromatic rings. The molecule has 2 aromatic carbocycles. The molecule has 3 N–H and O–H groups in total. The normalized spacial score (nSPS) is 10.8. The van der Waals surface area contributed by atoms with Crippen molar-refractivity contribution in [2.75, 3.05) is 23.1 Å². The lowest BCUT2D eigenvalue weighted by Crippen LogP contribution is -2.27. The number of carbonyl (C=O) groups is 3. The van der Waals surface area contributed by atoms with Crippen molar-refractivity contribution in [2.24, 2.45) is 5.41 Å². The van der Waals surface area contributed by atoms with Crippen molar-refractivity contribution in [3.05, 3.63) is 48.0 Å². The summed E-state index contributed by atoms with van der Waals surface area (Å²) >= 11 is 0. The Morgan fingerprint density at radius 2 is 1.57 bits per heavy atom. The molecule has 7 nitrogen and oxygen atoms in total. The fraction of sp³-hybridized carbons (Fsp3) is 0.286. The molecule has 0 fully saturated rings. The quantitative estimate of drug-likeness (QED) is 0.730. The van der Waals surface area contributed by atoms with Gasteiger partial charge >= 0.3 is 0 Å². The van der Waals surface area contributed by atoms with Crippen molar-refractivity contribution in [1.82, 2.24) is 0 Å². The van der Waals surface area contributed by atoms with Crippen molar-refractivity contribution in [1.29, 1.82) is 0 Å². The molecule has 0 atom stereocenters. The van der Waals surface area contributed by atoms with E-state index in [0.29, 0.717) is 28.4 Å². The van der Waals surface area contributed by atoms with Gasteiger partial charge in [0.15, 0.2) is 0 Å². The van der Waals surface area contributed by atoms with Gasteiger partial charge in [-0.3, -0.25) is 14.4 Å². The molecule has 0 unspecified atom stereocenters. The van der Waals surface area contributed by atoms with Crippen molar-refractivity contribution in [3.63, 3.8) is 0 Å². The summed E-state index contributed by atoms with van der Waals surface area (Å²) in [5, 5.41) is 8.24. The van der Waals surface area contributed by atoms with E-state index in [1.54, 1.807) is 42.5 Å². The Labute approximate surface area is 164 Å². The zero-order valence-corrected chi connectivity index (χ0v) is 16.7. The van der Waals surface area contributed by atoms with Crippen LogP contribution in [0.1, 0.15) is 38.1 Å². The molecular formula is C21H25N3O4. The van der Waals surface area contributed by atoms with Crippen LogP contribution in [0.4, 0.5) is 17.1 Å². The highest BCUT2D eigenvalue weighted by Gasteiger charge is 2.21. The van der Waals surface area contributed by atoms with Crippen LogP contribution in [0.3, 0.4) is 0 Å². The Morgan fingerprint density at radius 3 is 2.18 bits per heavy atom. The van der Waals surface area contributed by atoms with Crippen LogP contribution in [0.2, 0.25) is 0 Å². The third-order valence-electron chi connectivity index (χ3n) is 3.83. The highest BCUT2D eigenvalue weighted by atomic mass is 16.5. The van der Waals surface area contributed by atoms with Gasteiger partial charge in [0.2, 0.25) is 11.8 Å². The topological polar surface area (TPSA) is 96.5 Å². The SMILES string of the molecule is COc1ccc(NC(C)=O)cc1NC(=O)c1cccc(NC(=O)C(C)(C)C)c1. The van der Waals surface area contributed by atoms with Gasteiger partial charge in [0, 0.05) is 29.3 Å². The van der Waals surface area contributed by atoms with Gasteiger partial charge < -0.3 is 20.7 Å². The summed E-state index contributed by atoms with van der Waals surface area (Å²) in [7, 11) is 1.49. The van der Waals surface area contributed by atoms with Crippen LogP contribution in [0, 0.1) is 5.41 Å². The molecule has 0 saturated carbocycles. The minimum absolute atomic E-state index is 0.144. The van der Waals surface area contributed by atoms with Crippen molar-refractivity contribution >= 4 is 34.8 Å². The molecule has 0 aromatic heterocycles. The van der Waals surface area contributed by atoms with E-state index < -0.39 is 5.41 Å². The summed E-state index contributed by atoms with van der Waals surface area (Å²) in [6.45, 7) is 6.84. The second-order valence-corrected chi connectivity index (χ2v) is 7.34. The summed E-state index contributed by atoms with van der Waals surface area (Å²) < 4.78 is 5.27. The number of rotatable bonds is 5. The van der Waals surface area contributed by atoms with Crippen LogP contribution in [-0.4, -0.2) is 24.8 Å². The second kappa shape index (κ2) is 8.56. The van der Waals surface area contributed by atoms with E-state index in [2.05, 4.69) is 16.0 Å². The molecule has 0 radical (unpaired) electrons. The van der Waals surface area contributed by atoms with Gasteiger partial charge in [-0.1, -0.05) is 26.8 Å². The average Bonchev–Trinajstić information content (AvgIpc) is 2.61. The third kappa shape index (κ3) is 5.57. The number of carbonyl (C=O) groups excluding carboxylic acids is 3. The number of hydrogen-bond acceptors (Lipinski definition) is 4. The van der Waals surface area contributed by atoms with Crippen LogP contribution in [-0.2, 0) is 9.59 Å². The van der Waals surface area contributed by atoms with E-state index in [1.807, 2.05) is 20.8 Å². The molecule has 0 aliphatic heterocycles. The Morgan fingerprint density at radius 1 is 0.893 bits per heavy atom. The van der Waals surface area contributed by atoms with Gasteiger partial charge in [0.25, 0.3) is 5.91 Å². The fourth-order valence-corrected chi connectivity index (χ4v) is 2.34. The molecule has 0 aliphatic carbocycles. The zero-order valence-electron chi connectivity index (χ0n) is 16.7. The second-order valence-electron chi connectivity index (χ2n) is 7.34. The van der Waals surface area contributed by atoms with Crippen molar-refractivity contribution < 1.29 is 19.1 Å². The Balaban J connectivity index is 2.22. The molecule has 2 rings (SSSR count). The van der Waals surface area contributed by atoms with Crippen LogP contribution in [0.15, 0.2) is 42.5 Å². The van der Waals surface area contributed by atoms with Gasteiger partial charge in [-0.2, -0.15) is 0 Å². The van der Waals surface area contributed by atoms with E-state index in [9.17, 15) is 14.4 Å². The maximum Gasteiger partial charge on any atom is 0.255 e. The Hall–Kier alpha value is -3.35. The maximum absolute atomic E-state index is 12.7. The lowest BCUT2D eigenvalue weighted by atomic mass is 9.95. The van der Waals surface area contributed by atoms with Gasteiger partial charge in [0.1, 0.15) is 5.75 Å².